The van der Waals surface area contributed by atoms with Gasteiger partial charge in [-0.1, -0.05) is 18.2 Å². The van der Waals surface area contributed by atoms with E-state index in [9.17, 15) is 22.0 Å². The number of anilines is 1. The molecule has 0 radical (unpaired) electrons. The van der Waals surface area contributed by atoms with E-state index in [2.05, 4.69) is 5.32 Å². The quantitative estimate of drug-likeness (QED) is 0.709. The van der Waals surface area contributed by atoms with Crippen molar-refractivity contribution in [1.82, 2.24) is 5.32 Å². The van der Waals surface area contributed by atoms with E-state index < -0.39 is 15.8 Å². The highest BCUT2D eigenvalue weighted by molar-refractivity contribution is 7.92. The number of amides is 1. The predicted octanol–water partition coefficient (Wildman–Crippen LogP) is 2.87. The summed E-state index contributed by atoms with van der Waals surface area (Å²) in [6.07, 6.45) is 2.06. The lowest BCUT2D eigenvalue weighted by Gasteiger charge is -2.22. The van der Waals surface area contributed by atoms with Crippen LogP contribution in [-0.4, -0.2) is 33.7 Å². The van der Waals surface area contributed by atoms with Crippen LogP contribution in [0.25, 0.3) is 0 Å². The Morgan fingerprint density at radius 3 is 2.41 bits per heavy atom. The molecule has 2 aromatic rings. The summed E-state index contributed by atoms with van der Waals surface area (Å²) in [5, 5.41) is 2.75. The van der Waals surface area contributed by atoms with Gasteiger partial charge in [-0.15, -0.1) is 0 Å². The summed E-state index contributed by atoms with van der Waals surface area (Å²) in [7, 11) is -3.58. The highest BCUT2D eigenvalue weighted by Gasteiger charge is 2.18. The van der Waals surface area contributed by atoms with Crippen LogP contribution < -0.4 is 9.62 Å². The smallest absolute Gasteiger partial charge is 0.232 e. The maximum absolute atomic E-state index is 13.4. The summed E-state index contributed by atoms with van der Waals surface area (Å²) in [6.45, 7) is 0.484. The Kier molecular flexibility index (Phi) is 7.29. The van der Waals surface area contributed by atoms with Gasteiger partial charge in [0.1, 0.15) is 11.6 Å². The number of nitrogens with zero attached hydrogens (tertiary/aromatic N) is 1. The zero-order valence-corrected chi connectivity index (χ0v) is 15.8. The average molecular weight is 396 g/mol. The fourth-order valence-corrected chi connectivity index (χ4v) is 3.54. The number of benzene rings is 2. The topological polar surface area (TPSA) is 66.5 Å². The van der Waals surface area contributed by atoms with E-state index >= 15 is 0 Å². The van der Waals surface area contributed by atoms with E-state index in [0.29, 0.717) is 19.4 Å². The molecule has 0 atom stereocenters. The van der Waals surface area contributed by atoms with Crippen LogP contribution in [0.4, 0.5) is 14.5 Å². The summed E-state index contributed by atoms with van der Waals surface area (Å²) < 4.78 is 51.2. The van der Waals surface area contributed by atoms with Crippen LogP contribution in [0.15, 0.2) is 48.5 Å². The van der Waals surface area contributed by atoms with Crippen LogP contribution in [0.5, 0.6) is 0 Å². The molecule has 2 rings (SSSR count). The van der Waals surface area contributed by atoms with Crippen LogP contribution in [0, 0.1) is 11.6 Å². The van der Waals surface area contributed by atoms with Crippen LogP contribution >= 0.6 is 0 Å². The van der Waals surface area contributed by atoms with Crippen molar-refractivity contribution in [2.45, 2.75) is 19.3 Å². The lowest BCUT2D eigenvalue weighted by atomic mass is 10.1. The average Bonchev–Trinajstić information content (AvgIpc) is 2.59. The molecular formula is C19H22F2N2O3S. The standard InChI is InChI=1S/C19H22F2N2O3S/c1-27(25,26)23(18-5-2-4-17(21)14-18)13-3-6-19(24)22-12-11-15-7-9-16(20)10-8-15/h2,4-5,7-10,14H,3,6,11-13H2,1H3,(H,22,24). The van der Waals surface area contributed by atoms with Gasteiger partial charge in [-0.2, -0.15) is 0 Å². The number of hydrogen-bond donors (Lipinski definition) is 1. The zero-order valence-electron chi connectivity index (χ0n) is 15.0. The number of halogens is 2. The highest BCUT2D eigenvalue weighted by Crippen LogP contribution is 2.19. The Bertz CT molecular complexity index is 871. The van der Waals surface area contributed by atoms with Crippen molar-refractivity contribution in [1.29, 1.82) is 0 Å². The van der Waals surface area contributed by atoms with Crippen LogP contribution in [0.1, 0.15) is 18.4 Å². The molecule has 0 heterocycles. The van der Waals surface area contributed by atoms with Crippen LogP contribution in [0.3, 0.4) is 0 Å². The van der Waals surface area contributed by atoms with Gasteiger partial charge in [0.25, 0.3) is 0 Å². The Morgan fingerprint density at radius 2 is 1.78 bits per heavy atom. The van der Waals surface area contributed by atoms with Gasteiger partial charge < -0.3 is 5.32 Å². The minimum atomic E-state index is -3.58. The maximum atomic E-state index is 13.4. The first kappa shape index (κ1) is 20.8. The minimum Gasteiger partial charge on any atom is -0.356 e. The van der Waals surface area contributed by atoms with Crippen molar-refractivity contribution in [3.8, 4) is 0 Å². The fraction of sp³-hybridized carbons (Fsp3) is 0.316. The number of carbonyl (C=O) groups is 1. The summed E-state index contributed by atoms with van der Waals surface area (Å²) in [6, 6.07) is 11.4. The maximum Gasteiger partial charge on any atom is 0.232 e. The molecule has 146 valence electrons. The molecule has 8 heteroatoms. The third kappa shape index (κ3) is 6.97. The summed E-state index contributed by atoms with van der Waals surface area (Å²) >= 11 is 0. The van der Waals surface area contributed by atoms with Gasteiger partial charge in [0.2, 0.25) is 15.9 Å². The molecule has 0 bridgehead atoms. The first-order valence-electron chi connectivity index (χ1n) is 8.50. The van der Waals surface area contributed by atoms with E-state index in [1.54, 1.807) is 12.1 Å². The molecule has 5 nitrogen and oxygen atoms in total. The first-order chi connectivity index (χ1) is 12.8. The minimum absolute atomic E-state index is 0.0771. The van der Waals surface area contributed by atoms with Crippen molar-refractivity contribution in [2.75, 3.05) is 23.7 Å². The largest absolute Gasteiger partial charge is 0.356 e. The Morgan fingerprint density at radius 1 is 1.07 bits per heavy atom. The van der Waals surface area contributed by atoms with Crippen LogP contribution in [-0.2, 0) is 21.2 Å². The molecule has 0 saturated carbocycles. The molecule has 27 heavy (non-hydrogen) atoms. The Labute approximate surface area is 158 Å². The van der Waals surface area contributed by atoms with Gasteiger partial charge in [-0.3, -0.25) is 9.10 Å². The second-order valence-electron chi connectivity index (χ2n) is 6.14. The third-order valence-corrected chi connectivity index (χ3v) is 5.10. The normalized spacial score (nSPS) is 11.2. The second-order valence-corrected chi connectivity index (χ2v) is 8.05. The van der Waals surface area contributed by atoms with Crippen LogP contribution in [0.2, 0.25) is 0 Å². The van der Waals surface area contributed by atoms with Gasteiger partial charge >= 0.3 is 0 Å². The Hall–Kier alpha value is -2.48. The first-order valence-corrected chi connectivity index (χ1v) is 10.3. The van der Waals surface area contributed by atoms with Crippen molar-refractivity contribution < 1.29 is 22.0 Å². The molecule has 0 saturated heterocycles. The molecule has 0 fully saturated rings. The van der Waals surface area contributed by atoms with Gasteiger partial charge in [0.15, 0.2) is 0 Å². The number of hydrogen-bond acceptors (Lipinski definition) is 3. The molecule has 0 aliphatic heterocycles. The molecule has 1 N–H and O–H groups in total. The lowest BCUT2D eigenvalue weighted by molar-refractivity contribution is -0.121. The molecule has 0 spiro atoms. The molecular weight excluding hydrogens is 374 g/mol. The number of carbonyl (C=O) groups excluding carboxylic acids is 1. The van der Waals surface area contributed by atoms with Gasteiger partial charge in [-0.25, -0.2) is 17.2 Å². The van der Waals surface area contributed by atoms with Crippen molar-refractivity contribution in [3.05, 3.63) is 65.7 Å². The summed E-state index contributed by atoms with van der Waals surface area (Å²) in [5.41, 5.74) is 1.14. The molecule has 0 aliphatic rings. The predicted molar refractivity (Wildman–Crippen MR) is 101 cm³/mol. The molecule has 1 amide bonds. The van der Waals surface area contributed by atoms with Crippen molar-refractivity contribution in [3.63, 3.8) is 0 Å². The van der Waals surface area contributed by atoms with E-state index in [1.807, 2.05) is 0 Å². The fourth-order valence-electron chi connectivity index (χ4n) is 2.59. The van der Waals surface area contributed by atoms with Gasteiger partial charge in [0.05, 0.1) is 11.9 Å². The molecule has 0 aromatic heterocycles. The summed E-state index contributed by atoms with van der Waals surface area (Å²) in [5.74, 6) is -1.04. The highest BCUT2D eigenvalue weighted by atomic mass is 32.2. The van der Waals surface area contributed by atoms with E-state index in [1.165, 1.54) is 30.3 Å². The van der Waals surface area contributed by atoms with E-state index in [0.717, 1.165) is 22.2 Å². The van der Waals surface area contributed by atoms with Crippen molar-refractivity contribution >= 4 is 21.6 Å². The van der Waals surface area contributed by atoms with Gasteiger partial charge in [0, 0.05) is 19.5 Å². The number of nitrogens with one attached hydrogen (secondary N) is 1. The van der Waals surface area contributed by atoms with E-state index in [-0.39, 0.29) is 30.4 Å². The van der Waals surface area contributed by atoms with Crippen molar-refractivity contribution in [2.24, 2.45) is 0 Å². The molecule has 0 unspecified atom stereocenters. The third-order valence-electron chi connectivity index (χ3n) is 3.91. The van der Waals surface area contributed by atoms with Gasteiger partial charge in [-0.05, 0) is 48.7 Å². The SMILES string of the molecule is CS(=O)(=O)N(CCCC(=O)NCCc1ccc(F)cc1)c1cccc(F)c1. The summed E-state index contributed by atoms with van der Waals surface area (Å²) in [4.78, 5) is 11.9. The number of sulfonamides is 1. The monoisotopic (exact) mass is 396 g/mol. The zero-order chi connectivity index (χ0) is 19.9. The Balaban J connectivity index is 1.80. The molecule has 2 aromatic carbocycles. The second kappa shape index (κ2) is 9.45. The number of rotatable bonds is 9. The lowest BCUT2D eigenvalue weighted by Crippen LogP contribution is -2.32. The van der Waals surface area contributed by atoms with E-state index in [4.69, 9.17) is 0 Å². The molecule has 0 aliphatic carbocycles.